The van der Waals surface area contributed by atoms with Crippen molar-refractivity contribution in [3.63, 3.8) is 0 Å². The summed E-state index contributed by atoms with van der Waals surface area (Å²) in [5.74, 6) is 0.311. The van der Waals surface area contributed by atoms with Gasteiger partial charge < -0.3 is 5.32 Å². The zero-order chi connectivity index (χ0) is 20.3. The molecule has 0 saturated heterocycles. The molecule has 0 radical (unpaired) electrons. The maximum Gasteiger partial charge on any atom is 0.416 e. The lowest BCUT2D eigenvalue weighted by molar-refractivity contribution is -0.137. The van der Waals surface area contributed by atoms with Gasteiger partial charge in [0.05, 0.1) is 5.56 Å². The van der Waals surface area contributed by atoms with Crippen molar-refractivity contribution in [3.8, 4) is 0 Å². The Morgan fingerprint density at radius 1 is 1.11 bits per heavy atom. The molecule has 0 unspecified atom stereocenters. The molecule has 3 aromatic rings. The van der Waals surface area contributed by atoms with Crippen molar-refractivity contribution in [1.82, 2.24) is 14.8 Å². The fraction of sp³-hybridized carbons (Fsp3) is 0.211. The summed E-state index contributed by atoms with van der Waals surface area (Å²) in [6.45, 7) is 1.96. The van der Waals surface area contributed by atoms with Gasteiger partial charge in [0.1, 0.15) is 0 Å². The molecule has 1 aromatic heterocycles. The summed E-state index contributed by atoms with van der Waals surface area (Å²) < 4.78 is 39.8. The molecule has 146 valence electrons. The molecule has 0 spiro atoms. The molecule has 1 heterocycles. The monoisotopic (exact) mass is 406 g/mol. The molecule has 0 atom stereocenters. The van der Waals surface area contributed by atoms with E-state index in [2.05, 4.69) is 15.5 Å². The van der Waals surface area contributed by atoms with Gasteiger partial charge in [0.25, 0.3) is 5.56 Å². The van der Waals surface area contributed by atoms with Crippen LogP contribution in [0.1, 0.15) is 16.7 Å². The maximum absolute atomic E-state index is 12.8. The van der Waals surface area contributed by atoms with Gasteiger partial charge in [-0.2, -0.15) is 13.2 Å². The highest BCUT2D eigenvalue weighted by Gasteiger charge is 2.30. The fourth-order valence-corrected chi connectivity index (χ4v) is 3.26. The predicted molar refractivity (Wildman–Crippen MR) is 103 cm³/mol. The number of anilines is 2. The van der Waals surface area contributed by atoms with E-state index >= 15 is 0 Å². The Labute approximate surface area is 163 Å². The number of hydrogen-bond donors (Lipinski definition) is 1. The van der Waals surface area contributed by atoms with Crippen LogP contribution in [0.5, 0.6) is 0 Å². The number of aromatic nitrogens is 3. The van der Waals surface area contributed by atoms with E-state index in [9.17, 15) is 18.0 Å². The first-order valence-electron chi connectivity index (χ1n) is 8.30. The van der Waals surface area contributed by atoms with Crippen LogP contribution in [0.2, 0.25) is 0 Å². The van der Waals surface area contributed by atoms with Crippen LogP contribution in [0.15, 0.2) is 58.5 Å². The van der Waals surface area contributed by atoms with Crippen molar-refractivity contribution in [2.75, 3.05) is 5.32 Å². The molecule has 1 N–H and O–H groups in total. The van der Waals surface area contributed by atoms with Crippen molar-refractivity contribution in [3.05, 3.63) is 75.6 Å². The Kier molecular flexibility index (Phi) is 5.73. The van der Waals surface area contributed by atoms with E-state index in [0.717, 1.165) is 29.5 Å². The molecule has 2 aromatic carbocycles. The smallest absolute Gasteiger partial charge is 0.334 e. The molecular weight excluding hydrogens is 389 g/mol. The van der Waals surface area contributed by atoms with Crippen LogP contribution < -0.4 is 10.9 Å². The van der Waals surface area contributed by atoms with Crippen LogP contribution in [-0.4, -0.2) is 14.8 Å². The first-order valence-corrected chi connectivity index (χ1v) is 9.29. The average Bonchev–Trinajstić information content (AvgIpc) is 2.66. The highest BCUT2D eigenvalue weighted by atomic mass is 32.2. The number of halogens is 3. The topological polar surface area (TPSA) is 59.8 Å². The molecule has 0 bridgehead atoms. The van der Waals surface area contributed by atoms with Crippen molar-refractivity contribution >= 4 is 23.3 Å². The average molecular weight is 406 g/mol. The van der Waals surface area contributed by atoms with E-state index in [0.29, 0.717) is 16.4 Å². The minimum Gasteiger partial charge on any atom is -0.334 e. The highest BCUT2D eigenvalue weighted by molar-refractivity contribution is 7.98. The summed E-state index contributed by atoms with van der Waals surface area (Å²) in [4.78, 5) is 12.5. The maximum atomic E-state index is 12.8. The van der Waals surface area contributed by atoms with Crippen LogP contribution in [0.25, 0.3) is 0 Å². The summed E-state index contributed by atoms with van der Waals surface area (Å²) in [6, 6.07) is 12.5. The number of alkyl halides is 3. The summed E-state index contributed by atoms with van der Waals surface area (Å²) >= 11 is 1.14. The minimum absolute atomic E-state index is 0.0785. The molecule has 9 heteroatoms. The van der Waals surface area contributed by atoms with Gasteiger partial charge in [0.15, 0.2) is 5.16 Å². The molecule has 0 aliphatic carbocycles. The van der Waals surface area contributed by atoms with E-state index in [1.165, 1.54) is 10.6 Å². The Morgan fingerprint density at radius 2 is 1.82 bits per heavy atom. The van der Waals surface area contributed by atoms with Crippen LogP contribution in [0.3, 0.4) is 0 Å². The molecule has 0 amide bonds. The summed E-state index contributed by atoms with van der Waals surface area (Å²) in [7, 11) is 1.55. The van der Waals surface area contributed by atoms with Gasteiger partial charge in [-0.15, -0.1) is 10.2 Å². The SMILES string of the molecule is Cc1ccc(Nc2nnc(SCc3cccc(C(F)(F)F)c3)n(C)c2=O)cc1. The third kappa shape index (κ3) is 4.72. The number of nitrogens with one attached hydrogen (secondary N) is 1. The molecule has 28 heavy (non-hydrogen) atoms. The van der Waals surface area contributed by atoms with Gasteiger partial charge in [-0.05, 0) is 30.7 Å². The van der Waals surface area contributed by atoms with Crippen molar-refractivity contribution in [2.45, 2.75) is 24.0 Å². The molecular formula is C19H17F3N4OS. The second-order valence-corrected chi connectivity index (χ2v) is 7.12. The van der Waals surface area contributed by atoms with Gasteiger partial charge in [-0.1, -0.05) is 47.7 Å². The van der Waals surface area contributed by atoms with E-state index in [1.807, 2.05) is 31.2 Å². The first kappa shape index (κ1) is 19.9. The lowest BCUT2D eigenvalue weighted by atomic mass is 10.1. The number of aryl methyl sites for hydroxylation is 1. The molecule has 3 rings (SSSR count). The molecule has 0 saturated carbocycles. The second kappa shape index (κ2) is 8.05. The van der Waals surface area contributed by atoms with Crippen molar-refractivity contribution < 1.29 is 13.2 Å². The van der Waals surface area contributed by atoms with Gasteiger partial charge in [-0.25, -0.2) is 0 Å². The summed E-state index contributed by atoms with van der Waals surface area (Å²) in [5, 5.41) is 11.2. The Balaban J connectivity index is 1.74. The van der Waals surface area contributed by atoms with Crippen molar-refractivity contribution in [2.24, 2.45) is 7.05 Å². The second-order valence-electron chi connectivity index (χ2n) is 6.17. The Hall–Kier alpha value is -2.81. The largest absolute Gasteiger partial charge is 0.416 e. The Bertz CT molecular complexity index is 1030. The number of benzene rings is 2. The number of nitrogens with zero attached hydrogens (tertiary/aromatic N) is 3. The van der Waals surface area contributed by atoms with E-state index in [-0.39, 0.29) is 17.1 Å². The number of rotatable bonds is 5. The van der Waals surface area contributed by atoms with Crippen LogP contribution in [0, 0.1) is 6.92 Å². The minimum atomic E-state index is -4.39. The number of thioether (sulfide) groups is 1. The molecule has 0 fully saturated rings. The molecule has 0 aliphatic rings. The van der Waals surface area contributed by atoms with E-state index < -0.39 is 11.7 Å². The van der Waals surface area contributed by atoms with E-state index in [1.54, 1.807) is 13.1 Å². The summed E-state index contributed by atoms with van der Waals surface area (Å²) in [6.07, 6.45) is -4.39. The summed E-state index contributed by atoms with van der Waals surface area (Å²) in [5.41, 5.74) is 1.20. The molecule has 0 aliphatic heterocycles. The third-order valence-electron chi connectivity index (χ3n) is 3.97. The lowest BCUT2D eigenvalue weighted by Crippen LogP contribution is -2.24. The number of hydrogen-bond acceptors (Lipinski definition) is 5. The zero-order valence-corrected chi connectivity index (χ0v) is 15.9. The van der Waals surface area contributed by atoms with Gasteiger partial charge in [0.2, 0.25) is 5.82 Å². The fourth-order valence-electron chi connectivity index (χ4n) is 2.41. The van der Waals surface area contributed by atoms with Gasteiger partial charge in [-0.3, -0.25) is 9.36 Å². The lowest BCUT2D eigenvalue weighted by Gasteiger charge is -2.10. The molecule has 5 nitrogen and oxygen atoms in total. The first-order chi connectivity index (χ1) is 13.2. The quantitative estimate of drug-likeness (QED) is 0.631. The highest BCUT2D eigenvalue weighted by Crippen LogP contribution is 2.30. The third-order valence-corrected chi connectivity index (χ3v) is 5.06. The normalized spacial score (nSPS) is 11.5. The van der Waals surface area contributed by atoms with Crippen molar-refractivity contribution in [1.29, 1.82) is 0 Å². The van der Waals surface area contributed by atoms with Crippen LogP contribution in [-0.2, 0) is 19.0 Å². The predicted octanol–water partition coefficient (Wildman–Crippen LogP) is 4.54. The van der Waals surface area contributed by atoms with E-state index in [4.69, 9.17) is 0 Å². The van der Waals surface area contributed by atoms with Gasteiger partial charge in [0, 0.05) is 18.5 Å². The van der Waals surface area contributed by atoms with Crippen LogP contribution in [0.4, 0.5) is 24.7 Å². The van der Waals surface area contributed by atoms with Crippen LogP contribution >= 0.6 is 11.8 Å². The standard InChI is InChI=1S/C19H17F3N4OS/c1-12-6-8-15(9-7-12)23-16-17(27)26(2)18(25-24-16)28-11-13-4-3-5-14(10-13)19(20,21)22/h3-10H,11H2,1-2H3,(H,23,24). The zero-order valence-electron chi connectivity index (χ0n) is 15.1. The Morgan fingerprint density at radius 3 is 2.50 bits per heavy atom. The van der Waals surface area contributed by atoms with Gasteiger partial charge >= 0.3 is 6.18 Å².